The second-order valence-electron chi connectivity index (χ2n) is 4.90. The van der Waals surface area contributed by atoms with Crippen LogP contribution in [0, 0.1) is 3.57 Å². The third-order valence-electron chi connectivity index (χ3n) is 3.17. The van der Waals surface area contributed by atoms with Crippen LogP contribution in [-0.4, -0.2) is 16.3 Å². The van der Waals surface area contributed by atoms with Crippen molar-refractivity contribution in [2.45, 2.75) is 25.8 Å². The van der Waals surface area contributed by atoms with Gasteiger partial charge in [0.05, 0.1) is 6.20 Å². The van der Waals surface area contributed by atoms with E-state index in [9.17, 15) is 0 Å². The van der Waals surface area contributed by atoms with Crippen LogP contribution in [-0.2, 0) is 13.5 Å². The van der Waals surface area contributed by atoms with Gasteiger partial charge < -0.3 is 5.32 Å². The van der Waals surface area contributed by atoms with Crippen molar-refractivity contribution in [3.05, 3.63) is 50.3 Å². The normalized spacial score (nSPS) is 12.6. The van der Waals surface area contributed by atoms with Crippen LogP contribution in [0.2, 0.25) is 5.02 Å². The van der Waals surface area contributed by atoms with E-state index in [4.69, 9.17) is 11.6 Å². The van der Waals surface area contributed by atoms with E-state index in [-0.39, 0.29) is 6.04 Å². The number of benzene rings is 1. The molecule has 0 bridgehead atoms. The molecule has 0 aliphatic heterocycles. The van der Waals surface area contributed by atoms with Crippen molar-refractivity contribution in [2.75, 3.05) is 6.54 Å². The molecule has 1 atom stereocenters. The van der Waals surface area contributed by atoms with E-state index in [1.807, 2.05) is 24.0 Å². The van der Waals surface area contributed by atoms with Crippen molar-refractivity contribution in [3.63, 3.8) is 0 Å². The van der Waals surface area contributed by atoms with E-state index in [0.717, 1.165) is 24.4 Å². The predicted octanol–water partition coefficient (Wildman–Crippen LogP) is 3.96. The number of rotatable bonds is 6. The number of hydrogen-bond acceptors (Lipinski definition) is 2. The first-order valence-corrected chi connectivity index (χ1v) is 8.21. The van der Waals surface area contributed by atoms with E-state index in [0.29, 0.717) is 0 Å². The summed E-state index contributed by atoms with van der Waals surface area (Å²) < 4.78 is 3.08. The number of hydrogen-bond donors (Lipinski definition) is 1. The molecule has 108 valence electrons. The average Bonchev–Trinajstić information content (AvgIpc) is 2.83. The Hall–Kier alpha value is -0.590. The summed E-state index contributed by atoms with van der Waals surface area (Å²) >= 11 is 8.53. The van der Waals surface area contributed by atoms with Gasteiger partial charge >= 0.3 is 0 Å². The third kappa shape index (κ3) is 4.20. The number of nitrogens with zero attached hydrogens (tertiary/aromatic N) is 2. The Morgan fingerprint density at radius 1 is 1.45 bits per heavy atom. The minimum Gasteiger partial charge on any atom is -0.310 e. The molecule has 1 aromatic heterocycles. The van der Waals surface area contributed by atoms with E-state index in [1.165, 1.54) is 14.7 Å². The van der Waals surface area contributed by atoms with Crippen molar-refractivity contribution in [2.24, 2.45) is 7.05 Å². The zero-order valence-electron chi connectivity index (χ0n) is 11.7. The van der Waals surface area contributed by atoms with Gasteiger partial charge in [0, 0.05) is 27.9 Å². The summed E-state index contributed by atoms with van der Waals surface area (Å²) in [6.07, 6.45) is 6.03. The number of aryl methyl sites for hydroxylation is 1. The molecule has 0 aliphatic rings. The number of aromatic nitrogens is 2. The lowest BCUT2D eigenvalue weighted by atomic mass is 10.0. The van der Waals surface area contributed by atoms with Gasteiger partial charge in [0.25, 0.3) is 0 Å². The highest BCUT2D eigenvalue weighted by Crippen LogP contribution is 2.26. The first-order chi connectivity index (χ1) is 9.60. The number of nitrogens with one attached hydrogen (secondary N) is 1. The van der Waals surface area contributed by atoms with Gasteiger partial charge in [-0.1, -0.05) is 18.5 Å². The van der Waals surface area contributed by atoms with Gasteiger partial charge in [-0.05, 0) is 71.3 Å². The summed E-state index contributed by atoms with van der Waals surface area (Å²) in [7, 11) is 1.95. The zero-order chi connectivity index (χ0) is 14.5. The van der Waals surface area contributed by atoms with Gasteiger partial charge in [0.2, 0.25) is 0 Å². The summed E-state index contributed by atoms with van der Waals surface area (Å²) in [4.78, 5) is 0. The summed E-state index contributed by atoms with van der Waals surface area (Å²) in [6, 6.07) is 6.34. The monoisotopic (exact) mass is 403 g/mol. The Labute approximate surface area is 138 Å². The lowest BCUT2D eigenvalue weighted by Gasteiger charge is -2.20. The molecule has 0 radical (unpaired) electrons. The van der Waals surface area contributed by atoms with Crippen LogP contribution in [0.5, 0.6) is 0 Å². The highest BCUT2D eigenvalue weighted by molar-refractivity contribution is 14.1. The van der Waals surface area contributed by atoms with Crippen LogP contribution >= 0.6 is 34.2 Å². The number of halogens is 2. The van der Waals surface area contributed by atoms with Crippen LogP contribution in [0.15, 0.2) is 30.6 Å². The van der Waals surface area contributed by atoms with Gasteiger partial charge in [0.15, 0.2) is 0 Å². The molecule has 20 heavy (non-hydrogen) atoms. The second-order valence-corrected chi connectivity index (χ2v) is 6.50. The highest BCUT2D eigenvalue weighted by atomic mass is 127. The standard InChI is InChI=1S/C15H19ClIN3/c1-3-6-18-15(7-11-9-19-20(2)10-11)13-8-12(16)4-5-14(13)17/h4-5,8-10,15,18H,3,6-7H2,1-2H3. The second kappa shape index (κ2) is 7.43. The molecular formula is C15H19ClIN3. The van der Waals surface area contributed by atoms with Crippen molar-refractivity contribution in [1.82, 2.24) is 15.1 Å². The van der Waals surface area contributed by atoms with Gasteiger partial charge in [-0.25, -0.2) is 0 Å². The van der Waals surface area contributed by atoms with Gasteiger partial charge in [-0.15, -0.1) is 0 Å². The molecule has 1 heterocycles. The van der Waals surface area contributed by atoms with Crippen molar-refractivity contribution in [3.8, 4) is 0 Å². The summed E-state index contributed by atoms with van der Waals surface area (Å²) in [5.41, 5.74) is 2.49. The molecule has 0 saturated carbocycles. The minimum absolute atomic E-state index is 0.268. The molecule has 0 aliphatic carbocycles. The molecule has 2 rings (SSSR count). The zero-order valence-corrected chi connectivity index (χ0v) is 14.6. The largest absolute Gasteiger partial charge is 0.310 e. The maximum atomic E-state index is 6.15. The maximum Gasteiger partial charge on any atom is 0.0522 e. The van der Waals surface area contributed by atoms with Crippen molar-refractivity contribution < 1.29 is 0 Å². The third-order valence-corrected chi connectivity index (χ3v) is 4.39. The predicted molar refractivity (Wildman–Crippen MR) is 92.1 cm³/mol. The molecule has 2 aromatic rings. The molecule has 0 saturated heterocycles. The van der Waals surface area contributed by atoms with Gasteiger partial charge in [0.1, 0.15) is 0 Å². The van der Waals surface area contributed by atoms with Gasteiger partial charge in [-0.2, -0.15) is 5.10 Å². The Morgan fingerprint density at radius 3 is 2.90 bits per heavy atom. The molecule has 0 fully saturated rings. The van der Waals surface area contributed by atoms with E-state index in [1.54, 1.807) is 0 Å². The van der Waals surface area contributed by atoms with Gasteiger partial charge in [-0.3, -0.25) is 4.68 Å². The van der Waals surface area contributed by atoms with E-state index in [2.05, 4.69) is 58.3 Å². The molecule has 1 unspecified atom stereocenters. The summed E-state index contributed by atoms with van der Waals surface area (Å²) in [5.74, 6) is 0. The molecular weight excluding hydrogens is 385 g/mol. The average molecular weight is 404 g/mol. The van der Waals surface area contributed by atoms with Crippen molar-refractivity contribution >= 4 is 34.2 Å². The SMILES string of the molecule is CCCNC(Cc1cnn(C)c1)c1cc(Cl)ccc1I. The van der Waals surface area contributed by atoms with Crippen LogP contribution in [0.25, 0.3) is 0 Å². The van der Waals surface area contributed by atoms with Crippen molar-refractivity contribution in [1.29, 1.82) is 0 Å². The fourth-order valence-electron chi connectivity index (χ4n) is 2.21. The van der Waals surface area contributed by atoms with Crippen LogP contribution in [0.1, 0.15) is 30.5 Å². The van der Waals surface area contributed by atoms with Crippen LogP contribution in [0.4, 0.5) is 0 Å². The Balaban J connectivity index is 2.24. The Morgan fingerprint density at radius 2 is 2.25 bits per heavy atom. The molecule has 5 heteroatoms. The molecule has 1 N–H and O–H groups in total. The fourth-order valence-corrected chi connectivity index (χ4v) is 3.10. The highest BCUT2D eigenvalue weighted by Gasteiger charge is 2.15. The van der Waals surface area contributed by atoms with E-state index >= 15 is 0 Å². The lowest BCUT2D eigenvalue weighted by Crippen LogP contribution is -2.24. The van der Waals surface area contributed by atoms with Crippen LogP contribution in [0.3, 0.4) is 0 Å². The smallest absolute Gasteiger partial charge is 0.0522 e. The summed E-state index contributed by atoms with van der Waals surface area (Å²) in [5, 5.41) is 8.64. The lowest BCUT2D eigenvalue weighted by molar-refractivity contribution is 0.527. The quantitative estimate of drug-likeness (QED) is 0.740. The summed E-state index contributed by atoms with van der Waals surface area (Å²) in [6.45, 7) is 3.17. The first-order valence-electron chi connectivity index (χ1n) is 6.76. The Bertz CT molecular complexity index is 568. The molecule has 0 spiro atoms. The molecule has 3 nitrogen and oxygen atoms in total. The minimum atomic E-state index is 0.268. The first kappa shape index (κ1) is 15.8. The Kier molecular flexibility index (Phi) is 5.86. The topological polar surface area (TPSA) is 29.9 Å². The molecule has 1 aromatic carbocycles. The maximum absolute atomic E-state index is 6.15. The molecule has 0 amide bonds. The van der Waals surface area contributed by atoms with Crippen LogP contribution < -0.4 is 5.32 Å². The van der Waals surface area contributed by atoms with E-state index < -0.39 is 0 Å². The fraction of sp³-hybridized carbons (Fsp3) is 0.400.